The summed E-state index contributed by atoms with van der Waals surface area (Å²) >= 11 is 11.8. The molecule has 0 aliphatic rings. The standard InChI is InChI=1S/C14H28Cl2N/c1-4-7-10-17(11-8-5-2,12-9-6-3)13-14(15)16/h13H,4-12H2,1-3H3/q+1. The Hall–Kier alpha value is 0.280. The van der Waals surface area contributed by atoms with Crippen LogP contribution >= 0.6 is 23.2 Å². The van der Waals surface area contributed by atoms with Crippen molar-refractivity contribution in [2.75, 3.05) is 19.6 Å². The summed E-state index contributed by atoms with van der Waals surface area (Å²) in [4.78, 5) is 0. The van der Waals surface area contributed by atoms with Gasteiger partial charge in [0, 0.05) is 0 Å². The first-order valence-corrected chi connectivity index (χ1v) is 7.75. The van der Waals surface area contributed by atoms with Gasteiger partial charge in [0.1, 0.15) is 6.20 Å². The summed E-state index contributed by atoms with van der Waals surface area (Å²) in [6.45, 7) is 10.2. The van der Waals surface area contributed by atoms with E-state index in [1.54, 1.807) is 0 Å². The molecule has 1 nitrogen and oxygen atoms in total. The summed E-state index contributed by atoms with van der Waals surface area (Å²) in [6, 6.07) is 0. The molecule has 0 N–H and O–H groups in total. The molecular formula is C14H28Cl2N+. The van der Waals surface area contributed by atoms with Gasteiger partial charge < -0.3 is 0 Å². The summed E-state index contributed by atoms with van der Waals surface area (Å²) in [5.74, 6) is 0. The van der Waals surface area contributed by atoms with Crippen LogP contribution in [-0.2, 0) is 0 Å². The van der Waals surface area contributed by atoms with Gasteiger partial charge in [-0.25, -0.2) is 0 Å². The monoisotopic (exact) mass is 280 g/mol. The van der Waals surface area contributed by atoms with Crippen LogP contribution in [-0.4, -0.2) is 24.1 Å². The summed E-state index contributed by atoms with van der Waals surface area (Å²) in [6.07, 6.45) is 9.47. The van der Waals surface area contributed by atoms with E-state index in [1.165, 1.54) is 58.2 Å². The van der Waals surface area contributed by atoms with Crippen LogP contribution in [0.3, 0.4) is 0 Å². The van der Waals surface area contributed by atoms with Crippen LogP contribution in [0.1, 0.15) is 59.3 Å². The minimum absolute atomic E-state index is 0.424. The van der Waals surface area contributed by atoms with E-state index in [0.29, 0.717) is 4.49 Å². The summed E-state index contributed by atoms with van der Waals surface area (Å²) in [5, 5.41) is 0. The van der Waals surface area contributed by atoms with Gasteiger partial charge in [-0.1, -0.05) is 63.2 Å². The maximum Gasteiger partial charge on any atom is 0.159 e. The lowest BCUT2D eigenvalue weighted by molar-refractivity contribution is -0.880. The molecule has 0 aromatic heterocycles. The van der Waals surface area contributed by atoms with Crippen molar-refractivity contribution in [3.8, 4) is 0 Å². The Bertz CT molecular complexity index is 188. The Morgan fingerprint density at radius 2 is 1.18 bits per heavy atom. The van der Waals surface area contributed by atoms with Crippen molar-refractivity contribution < 1.29 is 4.48 Å². The SMILES string of the molecule is CCCC[N+](C=C(Cl)Cl)(CCCC)CCCC. The lowest BCUT2D eigenvalue weighted by Gasteiger charge is -2.35. The third-order valence-electron chi connectivity index (χ3n) is 3.24. The normalized spacial score (nSPS) is 11.6. The van der Waals surface area contributed by atoms with E-state index in [9.17, 15) is 0 Å². The maximum atomic E-state index is 5.91. The number of quaternary nitrogens is 1. The second kappa shape index (κ2) is 10.2. The van der Waals surface area contributed by atoms with E-state index in [0.717, 1.165) is 4.48 Å². The number of halogens is 2. The molecule has 0 unspecified atom stereocenters. The molecule has 0 fully saturated rings. The maximum absolute atomic E-state index is 5.91. The van der Waals surface area contributed by atoms with Crippen molar-refractivity contribution >= 4 is 23.2 Å². The van der Waals surface area contributed by atoms with Crippen LogP contribution in [0.25, 0.3) is 0 Å². The third kappa shape index (κ3) is 8.07. The lowest BCUT2D eigenvalue weighted by Crippen LogP contribution is -2.45. The van der Waals surface area contributed by atoms with E-state index in [4.69, 9.17) is 23.2 Å². The average molecular weight is 281 g/mol. The fraction of sp³-hybridized carbons (Fsp3) is 0.857. The zero-order chi connectivity index (χ0) is 13.1. The number of hydrogen-bond donors (Lipinski definition) is 0. The molecule has 102 valence electrons. The molecule has 17 heavy (non-hydrogen) atoms. The van der Waals surface area contributed by atoms with Crippen LogP contribution in [0, 0.1) is 0 Å². The zero-order valence-corrected chi connectivity index (χ0v) is 13.2. The van der Waals surface area contributed by atoms with Gasteiger partial charge >= 0.3 is 0 Å². The highest BCUT2D eigenvalue weighted by Crippen LogP contribution is 2.20. The van der Waals surface area contributed by atoms with Gasteiger partial charge in [-0.05, 0) is 19.3 Å². The molecule has 0 bridgehead atoms. The van der Waals surface area contributed by atoms with Crippen molar-refractivity contribution in [1.82, 2.24) is 0 Å². The topological polar surface area (TPSA) is 0 Å². The van der Waals surface area contributed by atoms with E-state index in [1.807, 2.05) is 0 Å². The summed E-state index contributed by atoms with van der Waals surface area (Å²) in [7, 11) is 0. The predicted octanol–water partition coefficient (Wildman–Crippen LogP) is 5.48. The number of unbranched alkanes of at least 4 members (excludes halogenated alkanes) is 3. The molecule has 0 aromatic rings. The van der Waals surface area contributed by atoms with Crippen molar-refractivity contribution in [2.45, 2.75) is 59.3 Å². The summed E-state index contributed by atoms with van der Waals surface area (Å²) in [5.41, 5.74) is 0. The molecular weight excluding hydrogens is 253 g/mol. The van der Waals surface area contributed by atoms with Crippen LogP contribution in [0.5, 0.6) is 0 Å². The zero-order valence-electron chi connectivity index (χ0n) is 11.6. The van der Waals surface area contributed by atoms with Crippen molar-refractivity contribution in [3.05, 3.63) is 10.7 Å². The molecule has 0 saturated carbocycles. The van der Waals surface area contributed by atoms with Gasteiger partial charge in [0.05, 0.1) is 19.6 Å². The third-order valence-corrected chi connectivity index (χ3v) is 3.44. The van der Waals surface area contributed by atoms with Crippen molar-refractivity contribution in [1.29, 1.82) is 0 Å². The van der Waals surface area contributed by atoms with Crippen LogP contribution in [0.4, 0.5) is 0 Å². The molecule has 0 amide bonds. The van der Waals surface area contributed by atoms with Gasteiger partial charge in [0.2, 0.25) is 0 Å². The summed E-state index contributed by atoms with van der Waals surface area (Å²) < 4.78 is 1.39. The molecule has 0 heterocycles. The van der Waals surface area contributed by atoms with Crippen LogP contribution in [0.15, 0.2) is 10.7 Å². The minimum Gasteiger partial charge on any atom is -0.295 e. The van der Waals surface area contributed by atoms with E-state index < -0.39 is 0 Å². The number of nitrogens with zero attached hydrogens (tertiary/aromatic N) is 1. The second-order valence-corrected chi connectivity index (χ2v) is 5.88. The second-order valence-electron chi connectivity index (χ2n) is 4.87. The Labute approximate surface area is 117 Å². The fourth-order valence-electron chi connectivity index (χ4n) is 2.16. The first-order valence-electron chi connectivity index (χ1n) is 6.99. The molecule has 0 aliphatic heterocycles. The van der Waals surface area contributed by atoms with Gasteiger partial charge in [0.25, 0.3) is 0 Å². The average Bonchev–Trinajstić information content (AvgIpc) is 2.30. The molecule has 0 aliphatic carbocycles. The molecule has 0 saturated heterocycles. The largest absolute Gasteiger partial charge is 0.295 e. The van der Waals surface area contributed by atoms with Gasteiger partial charge in [-0.3, -0.25) is 4.48 Å². The smallest absolute Gasteiger partial charge is 0.159 e. The molecule has 0 radical (unpaired) electrons. The van der Waals surface area contributed by atoms with Crippen molar-refractivity contribution in [2.24, 2.45) is 0 Å². The molecule has 0 aromatic carbocycles. The molecule has 0 rings (SSSR count). The predicted molar refractivity (Wildman–Crippen MR) is 79.4 cm³/mol. The van der Waals surface area contributed by atoms with E-state index in [2.05, 4.69) is 27.0 Å². The highest BCUT2D eigenvalue weighted by atomic mass is 35.5. The fourth-order valence-corrected chi connectivity index (χ4v) is 2.57. The van der Waals surface area contributed by atoms with Gasteiger partial charge in [-0.15, -0.1) is 0 Å². The van der Waals surface area contributed by atoms with Crippen LogP contribution in [0.2, 0.25) is 0 Å². The highest BCUT2D eigenvalue weighted by molar-refractivity contribution is 6.55. The minimum atomic E-state index is 0.424. The molecule has 0 spiro atoms. The number of rotatable bonds is 10. The first-order chi connectivity index (χ1) is 8.10. The van der Waals surface area contributed by atoms with E-state index in [-0.39, 0.29) is 0 Å². The van der Waals surface area contributed by atoms with Crippen molar-refractivity contribution in [3.63, 3.8) is 0 Å². The lowest BCUT2D eigenvalue weighted by atomic mass is 10.2. The van der Waals surface area contributed by atoms with Gasteiger partial charge in [-0.2, -0.15) is 0 Å². The molecule has 0 atom stereocenters. The first kappa shape index (κ1) is 17.3. The Morgan fingerprint density at radius 1 is 0.824 bits per heavy atom. The van der Waals surface area contributed by atoms with E-state index >= 15 is 0 Å². The Balaban J connectivity index is 4.70. The Kier molecular flexibility index (Phi) is 10.4. The molecule has 3 heteroatoms. The Morgan fingerprint density at radius 3 is 1.41 bits per heavy atom. The van der Waals surface area contributed by atoms with Gasteiger partial charge in [0.15, 0.2) is 4.49 Å². The van der Waals surface area contributed by atoms with Crippen LogP contribution < -0.4 is 0 Å². The quantitative estimate of drug-likeness (QED) is 0.465. The number of hydrogen-bond acceptors (Lipinski definition) is 0. The highest BCUT2D eigenvalue weighted by Gasteiger charge is 2.24.